The lowest BCUT2D eigenvalue weighted by atomic mass is 10.1. The van der Waals surface area contributed by atoms with E-state index in [4.69, 9.17) is 9.94 Å². The molecular formula is C33H33BrN4O5. The molecule has 4 N–H and O–H groups in total. The fourth-order valence-corrected chi connectivity index (χ4v) is 4.64. The number of ether oxygens (including phenoxy) is 1. The molecule has 0 bridgehead atoms. The van der Waals surface area contributed by atoms with Crippen molar-refractivity contribution in [3.8, 4) is 5.75 Å². The lowest BCUT2D eigenvalue weighted by Gasteiger charge is -2.18. The molecule has 0 fully saturated rings. The number of anilines is 1. The fraction of sp³-hybridized carbons (Fsp3) is 0.212. The topological polar surface area (TPSA) is 130 Å². The van der Waals surface area contributed by atoms with Crippen molar-refractivity contribution in [2.45, 2.75) is 44.8 Å². The summed E-state index contributed by atoms with van der Waals surface area (Å²) in [5, 5.41) is 15.3. The molecule has 3 amide bonds. The lowest BCUT2D eigenvalue weighted by Crippen LogP contribution is -2.43. The Bertz CT molecular complexity index is 1550. The van der Waals surface area contributed by atoms with Crippen LogP contribution in [0.3, 0.4) is 0 Å². The molecule has 0 radical (unpaired) electrons. The number of amides is 3. The molecule has 0 spiro atoms. The van der Waals surface area contributed by atoms with Crippen molar-refractivity contribution in [2.24, 2.45) is 0 Å². The Morgan fingerprint density at radius 3 is 2.47 bits per heavy atom. The first kappa shape index (κ1) is 31.4. The highest BCUT2D eigenvalue weighted by Gasteiger charge is 2.21. The molecule has 4 rings (SSSR count). The smallest absolute Gasteiger partial charge is 0.247 e. The van der Waals surface area contributed by atoms with Gasteiger partial charge >= 0.3 is 0 Å². The highest BCUT2D eigenvalue weighted by atomic mass is 79.9. The van der Waals surface area contributed by atoms with Gasteiger partial charge in [0.1, 0.15) is 18.4 Å². The number of fused-ring (bicyclic) bond motifs is 1. The molecule has 1 atom stereocenters. The molecule has 9 nitrogen and oxygen atoms in total. The van der Waals surface area contributed by atoms with Crippen molar-refractivity contribution in [1.29, 1.82) is 0 Å². The molecule has 0 unspecified atom stereocenters. The SMILES string of the molecule is O=C(/C=C/c1ccc(OCc2ccc(Br)cc2)cc1)N[C@@H](CCCCCC(=O)NO)C(=O)Nc1cccc2cccnc12. The van der Waals surface area contributed by atoms with Gasteiger partial charge in [-0.05, 0) is 66.4 Å². The number of aromatic nitrogens is 1. The number of halogens is 1. The molecule has 0 saturated heterocycles. The Morgan fingerprint density at radius 1 is 0.930 bits per heavy atom. The lowest BCUT2D eigenvalue weighted by molar-refractivity contribution is -0.129. The van der Waals surface area contributed by atoms with Gasteiger partial charge in [0.25, 0.3) is 0 Å². The number of hydroxylamine groups is 1. The number of carbonyl (C=O) groups excluding carboxylic acids is 3. The molecule has 1 aromatic heterocycles. The molecule has 0 aliphatic carbocycles. The molecule has 0 aliphatic heterocycles. The maximum atomic E-state index is 13.3. The summed E-state index contributed by atoms with van der Waals surface area (Å²) in [6, 6.07) is 23.7. The first-order valence-electron chi connectivity index (χ1n) is 13.9. The van der Waals surface area contributed by atoms with Gasteiger partial charge in [-0.1, -0.05) is 71.2 Å². The van der Waals surface area contributed by atoms with Gasteiger partial charge in [0.2, 0.25) is 17.7 Å². The van der Waals surface area contributed by atoms with Gasteiger partial charge in [-0.3, -0.25) is 24.6 Å². The van der Waals surface area contributed by atoms with E-state index in [2.05, 4.69) is 31.5 Å². The van der Waals surface area contributed by atoms with E-state index < -0.39 is 17.9 Å². The van der Waals surface area contributed by atoms with Gasteiger partial charge in [0.15, 0.2) is 0 Å². The van der Waals surface area contributed by atoms with Crippen LogP contribution in [0.1, 0.15) is 43.2 Å². The second-order valence-electron chi connectivity index (χ2n) is 9.88. The molecule has 43 heavy (non-hydrogen) atoms. The number of nitrogens with zero attached hydrogens (tertiary/aromatic N) is 1. The predicted molar refractivity (Wildman–Crippen MR) is 169 cm³/mol. The number of rotatable bonds is 14. The standard InChI is InChI=1S/C33H33BrN4O5/c34-26-16-11-24(12-17-26)22-43-27-18-13-23(14-19-27)15-20-30(39)36-29(8-2-1-3-10-31(40)38-42)33(41)37-28-9-4-6-25-7-5-21-35-32(25)28/h4-7,9,11-21,29,42H,1-3,8,10,22H2,(H,36,39)(H,37,41)(H,38,40)/b20-15+/t29-/m0/s1. The largest absolute Gasteiger partial charge is 0.489 e. The second kappa shape index (κ2) is 16.2. The number of pyridine rings is 1. The van der Waals surface area contributed by atoms with Crippen LogP contribution in [-0.4, -0.2) is 34.0 Å². The van der Waals surface area contributed by atoms with Gasteiger partial charge in [0, 0.05) is 28.6 Å². The summed E-state index contributed by atoms with van der Waals surface area (Å²) in [6.45, 7) is 0.442. The summed E-state index contributed by atoms with van der Waals surface area (Å²) in [5.74, 6) is -0.521. The van der Waals surface area contributed by atoms with E-state index in [-0.39, 0.29) is 12.3 Å². The monoisotopic (exact) mass is 644 g/mol. The van der Waals surface area contributed by atoms with Crippen LogP contribution in [0.25, 0.3) is 17.0 Å². The van der Waals surface area contributed by atoms with Crippen LogP contribution >= 0.6 is 15.9 Å². The highest BCUT2D eigenvalue weighted by Crippen LogP contribution is 2.21. The van der Waals surface area contributed by atoms with E-state index in [0.717, 1.165) is 21.0 Å². The van der Waals surface area contributed by atoms with Gasteiger partial charge < -0.3 is 15.4 Å². The molecular weight excluding hydrogens is 612 g/mol. The van der Waals surface area contributed by atoms with Gasteiger partial charge in [-0.25, -0.2) is 5.48 Å². The van der Waals surface area contributed by atoms with Crippen LogP contribution in [0.15, 0.2) is 95.6 Å². The Kier molecular flexibility index (Phi) is 11.8. The minimum absolute atomic E-state index is 0.179. The Hall–Kier alpha value is -4.54. The fourth-order valence-electron chi connectivity index (χ4n) is 4.37. The number of para-hydroxylation sites is 1. The zero-order chi connectivity index (χ0) is 30.4. The minimum Gasteiger partial charge on any atom is -0.489 e. The number of hydrogen-bond acceptors (Lipinski definition) is 6. The molecule has 3 aromatic carbocycles. The van der Waals surface area contributed by atoms with Crippen molar-refractivity contribution in [3.63, 3.8) is 0 Å². The van der Waals surface area contributed by atoms with E-state index in [1.165, 1.54) is 6.08 Å². The Morgan fingerprint density at radius 2 is 1.70 bits per heavy atom. The van der Waals surface area contributed by atoms with Crippen LogP contribution < -0.4 is 20.9 Å². The molecule has 1 heterocycles. The van der Waals surface area contributed by atoms with Gasteiger partial charge in [-0.2, -0.15) is 0 Å². The summed E-state index contributed by atoms with van der Waals surface area (Å²) in [4.78, 5) is 41.8. The predicted octanol–water partition coefficient (Wildman–Crippen LogP) is 6.17. The average molecular weight is 646 g/mol. The minimum atomic E-state index is -0.808. The van der Waals surface area contributed by atoms with Gasteiger partial charge in [-0.15, -0.1) is 0 Å². The van der Waals surface area contributed by atoms with Crippen molar-refractivity contribution < 1.29 is 24.3 Å². The zero-order valence-electron chi connectivity index (χ0n) is 23.5. The molecule has 4 aromatic rings. The number of carbonyl (C=O) groups is 3. The van der Waals surface area contributed by atoms with Crippen molar-refractivity contribution in [3.05, 3.63) is 107 Å². The van der Waals surface area contributed by atoms with Crippen LogP contribution in [0.2, 0.25) is 0 Å². The zero-order valence-corrected chi connectivity index (χ0v) is 25.0. The summed E-state index contributed by atoms with van der Waals surface area (Å²) in [6.07, 6.45) is 7.06. The van der Waals surface area contributed by atoms with E-state index in [9.17, 15) is 14.4 Å². The molecule has 222 valence electrons. The Balaban J connectivity index is 1.35. The summed E-state index contributed by atoms with van der Waals surface area (Å²) < 4.78 is 6.85. The Labute approximate surface area is 258 Å². The van der Waals surface area contributed by atoms with Crippen LogP contribution in [0, 0.1) is 0 Å². The van der Waals surface area contributed by atoms with Crippen molar-refractivity contribution in [1.82, 2.24) is 15.8 Å². The third-order valence-electron chi connectivity index (χ3n) is 6.67. The summed E-state index contributed by atoms with van der Waals surface area (Å²) in [7, 11) is 0. The average Bonchev–Trinajstić information content (AvgIpc) is 3.03. The third-order valence-corrected chi connectivity index (χ3v) is 7.20. The summed E-state index contributed by atoms with van der Waals surface area (Å²) >= 11 is 3.42. The highest BCUT2D eigenvalue weighted by molar-refractivity contribution is 9.10. The normalized spacial score (nSPS) is 11.7. The van der Waals surface area contributed by atoms with Crippen LogP contribution in [0.4, 0.5) is 5.69 Å². The van der Waals surface area contributed by atoms with E-state index in [1.54, 1.807) is 23.8 Å². The number of hydrogen-bond donors (Lipinski definition) is 4. The van der Waals surface area contributed by atoms with Crippen molar-refractivity contribution >= 4 is 56.3 Å². The number of nitrogens with one attached hydrogen (secondary N) is 3. The number of benzene rings is 3. The van der Waals surface area contributed by atoms with Crippen LogP contribution in [-0.2, 0) is 21.0 Å². The van der Waals surface area contributed by atoms with E-state index >= 15 is 0 Å². The first-order chi connectivity index (χ1) is 20.9. The van der Waals surface area contributed by atoms with E-state index in [0.29, 0.717) is 49.2 Å². The van der Waals surface area contributed by atoms with Gasteiger partial charge in [0.05, 0.1) is 11.2 Å². The van der Waals surface area contributed by atoms with Crippen LogP contribution in [0.5, 0.6) is 5.75 Å². The third kappa shape index (κ3) is 10.1. The summed E-state index contributed by atoms with van der Waals surface area (Å²) in [5.41, 5.74) is 4.68. The number of unbranched alkanes of at least 4 members (excludes halogenated alkanes) is 2. The molecule has 0 aliphatic rings. The maximum Gasteiger partial charge on any atom is 0.247 e. The quantitative estimate of drug-likeness (QED) is 0.0562. The molecule has 0 saturated carbocycles. The first-order valence-corrected chi connectivity index (χ1v) is 14.7. The second-order valence-corrected chi connectivity index (χ2v) is 10.8. The van der Waals surface area contributed by atoms with E-state index in [1.807, 2.05) is 72.8 Å². The molecule has 10 heteroatoms. The maximum absolute atomic E-state index is 13.3. The van der Waals surface area contributed by atoms with Crippen molar-refractivity contribution in [2.75, 3.05) is 5.32 Å².